The normalized spacial score (nSPS) is 12.1. The molecule has 35 heavy (non-hydrogen) atoms. The van der Waals surface area contributed by atoms with Gasteiger partial charge in [0.25, 0.3) is 0 Å². The van der Waals surface area contributed by atoms with Crippen LogP contribution < -0.4 is 0 Å². The summed E-state index contributed by atoms with van der Waals surface area (Å²) in [4.78, 5) is 5.39. The fourth-order valence-electron chi connectivity index (χ4n) is 3.84. The molecule has 8 heteroatoms. The number of halogens is 5. The molecular formula is C27H21ClF4N2O. The molecule has 0 spiro atoms. The molecule has 0 bridgehead atoms. The van der Waals surface area contributed by atoms with Crippen LogP contribution in [0.2, 0.25) is 5.02 Å². The highest BCUT2D eigenvalue weighted by Crippen LogP contribution is 2.32. The van der Waals surface area contributed by atoms with Crippen LogP contribution in [-0.2, 0) is 17.6 Å². The molecule has 0 unspecified atom stereocenters. The molecule has 180 valence electrons. The van der Waals surface area contributed by atoms with Crippen molar-refractivity contribution in [2.75, 3.05) is 0 Å². The minimum Gasteiger partial charge on any atom is -0.391 e. The average molecular weight is 501 g/mol. The van der Waals surface area contributed by atoms with Crippen molar-refractivity contribution in [1.29, 1.82) is 0 Å². The number of aromatic nitrogens is 1. The summed E-state index contributed by atoms with van der Waals surface area (Å²) in [5, 5.41) is 4.72. The van der Waals surface area contributed by atoms with Gasteiger partial charge in [-0.25, -0.2) is 4.39 Å². The Kier molecular flexibility index (Phi) is 6.98. The van der Waals surface area contributed by atoms with E-state index in [-0.39, 0.29) is 12.4 Å². The summed E-state index contributed by atoms with van der Waals surface area (Å²) in [6, 6.07) is 20.3. The maximum atomic E-state index is 13.5. The number of benzene rings is 3. The van der Waals surface area contributed by atoms with E-state index in [9.17, 15) is 17.6 Å². The number of hydrogen-bond acceptors (Lipinski definition) is 2. The fourth-order valence-corrected chi connectivity index (χ4v) is 4.03. The highest BCUT2D eigenvalue weighted by atomic mass is 35.5. The van der Waals surface area contributed by atoms with Gasteiger partial charge in [0.2, 0.25) is 0 Å². The zero-order valence-corrected chi connectivity index (χ0v) is 19.7. The monoisotopic (exact) mass is 500 g/mol. The third-order valence-electron chi connectivity index (χ3n) is 5.53. The molecule has 0 fully saturated rings. The van der Waals surface area contributed by atoms with Gasteiger partial charge in [0, 0.05) is 22.0 Å². The maximum Gasteiger partial charge on any atom is 0.416 e. The maximum absolute atomic E-state index is 13.5. The van der Waals surface area contributed by atoms with Crippen LogP contribution in [0, 0.1) is 12.7 Å². The first-order valence-electron chi connectivity index (χ1n) is 10.7. The molecule has 1 heterocycles. The lowest BCUT2D eigenvalue weighted by atomic mass is 10.1. The largest absolute Gasteiger partial charge is 0.416 e. The van der Waals surface area contributed by atoms with E-state index in [1.165, 1.54) is 18.2 Å². The van der Waals surface area contributed by atoms with Crippen molar-refractivity contribution in [2.45, 2.75) is 26.6 Å². The molecule has 0 saturated heterocycles. The standard InChI is InChI=1S/C27H21ClF4N2O/c1-17(33-35-16-19-5-3-6-21(13-19)27(30,31)32)25-15-26(20-9-11-23(29)12-10-20)34(18(25)2)24-8-4-7-22(28)14-24/h3-15H,16H2,1-2H3/b33-17+. The van der Waals surface area contributed by atoms with E-state index < -0.39 is 11.7 Å². The van der Waals surface area contributed by atoms with E-state index in [1.54, 1.807) is 31.2 Å². The predicted molar refractivity (Wildman–Crippen MR) is 129 cm³/mol. The van der Waals surface area contributed by atoms with E-state index in [1.807, 2.05) is 35.8 Å². The van der Waals surface area contributed by atoms with Crippen LogP contribution >= 0.6 is 11.6 Å². The van der Waals surface area contributed by atoms with Crippen LogP contribution in [0.1, 0.15) is 29.3 Å². The third kappa shape index (κ3) is 5.57. The number of rotatable bonds is 6. The van der Waals surface area contributed by atoms with Gasteiger partial charge in [0.15, 0.2) is 0 Å². The van der Waals surface area contributed by atoms with Crippen LogP contribution in [0.5, 0.6) is 0 Å². The first-order valence-corrected chi connectivity index (χ1v) is 11.1. The smallest absolute Gasteiger partial charge is 0.391 e. The first-order chi connectivity index (χ1) is 16.6. The van der Waals surface area contributed by atoms with Crippen molar-refractivity contribution in [1.82, 2.24) is 4.57 Å². The topological polar surface area (TPSA) is 26.5 Å². The second-order valence-electron chi connectivity index (χ2n) is 8.00. The number of oxime groups is 1. The Bertz CT molecular complexity index is 1370. The lowest BCUT2D eigenvalue weighted by Gasteiger charge is -2.13. The van der Waals surface area contributed by atoms with Crippen LogP contribution in [0.4, 0.5) is 17.6 Å². The molecule has 0 amide bonds. The number of hydrogen-bond donors (Lipinski definition) is 0. The van der Waals surface area contributed by atoms with E-state index in [2.05, 4.69) is 5.16 Å². The summed E-state index contributed by atoms with van der Waals surface area (Å²) in [6.07, 6.45) is -4.42. The van der Waals surface area contributed by atoms with Crippen molar-refractivity contribution in [3.8, 4) is 16.9 Å². The van der Waals surface area contributed by atoms with Gasteiger partial charge in [-0.3, -0.25) is 0 Å². The molecule has 1 aromatic heterocycles. The summed E-state index contributed by atoms with van der Waals surface area (Å²) in [5.41, 5.74) is 4.18. The van der Waals surface area contributed by atoms with Crippen molar-refractivity contribution < 1.29 is 22.4 Å². The van der Waals surface area contributed by atoms with Gasteiger partial charge in [0.05, 0.1) is 17.0 Å². The molecule has 0 aliphatic rings. The molecule has 0 radical (unpaired) electrons. The second-order valence-corrected chi connectivity index (χ2v) is 8.44. The molecule has 3 aromatic carbocycles. The molecule has 3 nitrogen and oxygen atoms in total. The van der Waals surface area contributed by atoms with Gasteiger partial charge < -0.3 is 9.40 Å². The van der Waals surface area contributed by atoms with E-state index in [0.717, 1.165) is 40.3 Å². The predicted octanol–water partition coefficient (Wildman–Crippen LogP) is 8.20. The van der Waals surface area contributed by atoms with E-state index in [4.69, 9.17) is 16.4 Å². The van der Waals surface area contributed by atoms with Gasteiger partial charge in [0.1, 0.15) is 12.4 Å². The zero-order chi connectivity index (χ0) is 25.2. The molecule has 0 N–H and O–H groups in total. The Balaban J connectivity index is 1.67. The van der Waals surface area contributed by atoms with Gasteiger partial charge in [-0.2, -0.15) is 13.2 Å². The van der Waals surface area contributed by atoms with E-state index in [0.29, 0.717) is 16.3 Å². The van der Waals surface area contributed by atoms with Gasteiger partial charge in [-0.1, -0.05) is 35.0 Å². The molecule has 0 aliphatic carbocycles. The molecule has 4 aromatic rings. The molecule has 4 rings (SSSR count). The van der Waals surface area contributed by atoms with Gasteiger partial charge >= 0.3 is 6.18 Å². The lowest BCUT2D eigenvalue weighted by Crippen LogP contribution is -2.05. The summed E-state index contributed by atoms with van der Waals surface area (Å²) in [7, 11) is 0. The fraction of sp³-hybridized carbons (Fsp3) is 0.148. The lowest BCUT2D eigenvalue weighted by molar-refractivity contribution is -0.137. The van der Waals surface area contributed by atoms with Crippen LogP contribution in [-0.4, -0.2) is 10.3 Å². The van der Waals surface area contributed by atoms with Gasteiger partial charge in [-0.05, 0) is 85.6 Å². The van der Waals surface area contributed by atoms with Crippen LogP contribution in [0.15, 0.2) is 84.0 Å². The number of nitrogens with zero attached hydrogens (tertiary/aromatic N) is 2. The minimum atomic E-state index is -4.42. The van der Waals surface area contributed by atoms with Crippen molar-refractivity contribution in [3.63, 3.8) is 0 Å². The Labute approximate surface area is 205 Å². The highest BCUT2D eigenvalue weighted by Gasteiger charge is 2.30. The Morgan fingerprint density at radius 1 is 0.971 bits per heavy atom. The molecular weight excluding hydrogens is 480 g/mol. The van der Waals surface area contributed by atoms with Crippen molar-refractivity contribution in [2.24, 2.45) is 5.16 Å². The Hall–Kier alpha value is -3.58. The molecule has 0 saturated carbocycles. The third-order valence-corrected chi connectivity index (χ3v) is 5.77. The second kappa shape index (κ2) is 9.96. The van der Waals surface area contributed by atoms with Crippen LogP contribution in [0.3, 0.4) is 0 Å². The average Bonchev–Trinajstić information content (AvgIpc) is 3.16. The highest BCUT2D eigenvalue weighted by molar-refractivity contribution is 6.30. The number of alkyl halides is 3. The molecule has 0 atom stereocenters. The minimum absolute atomic E-state index is 0.111. The first kappa shape index (κ1) is 24.5. The Morgan fingerprint density at radius 2 is 1.69 bits per heavy atom. The Morgan fingerprint density at radius 3 is 2.37 bits per heavy atom. The van der Waals surface area contributed by atoms with E-state index >= 15 is 0 Å². The van der Waals surface area contributed by atoms with Crippen molar-refractivity contribution >= 4 is 17.3 Å². The summed E-state index contributed by atoms with van der Waals surface area (Å²) in [6.45, 7) is 3.56. The SMILES string of the molecule is C/C(=N\OCc1cccc(C(F)(F)F)c1)c1cc(-c2ccc(F)cc2)n(-c2cccc(Cl)c2)c1C. The van der Waals surface area contributed by atoms with Crippen LogP contribution in [0.25, 0.3) is 16.9 Å². The van der Waals surface area contributed by atoms with Gasteiger partial charge in [-0.15, -0.1) is 0 Å². The zero-order valence-electron chi connectivity index (χ0n) is 18.9. The summed E-state index contributed by atoms with van der Waals surface area (Å²) < 4.78 is 54.4. The quantitative estimate of drug-likeness (QED) is 0.149. The van der Waals surface area contributed by atoms with Crippen molar-refractivity contribution in [3.05, 3.63) is 112 Å². The summed E-state index contributed by atoms with van der Waals surface area (Å²) in [5.74, 6) is -0.340. The molecule has 0 aliphatic heterocycles. The summed E-state index contributed by atoms with van der Waals surface area (Å²) >= 11 is 6.22.